The van der Waals surface area contributed by atoms with Crippen molar-refractivity contribution in [1.82, 2.24) is 0 Å². The molecule has 2 aliphatic rings. The van der Waals surface area contributed by atoms with Crippen LogP contribution in [0.2, 0.25) is 0 Å². The van der Waals surface area contributed by atoms with Crippen molar-refractivity contribution >= 4 is 0 Å². The molecule has 0 radical (unpaired) electrons. The molecule has 0 aliphatic heterocycles. The predicted molar refractivity (Wildman–Crippen MR) is 90.1 cm³/mol. The molecule has 4 atom stereocenters. The van der Waals surface area contributed by atoms with Gasteiger partial charge in [-0.25, -0.2) is 4.39 Å². The third kappa shape index (κ3) is 3.60. The van der Waals surface area contributed by atoms with Gasteiger partial charge in [-0.1, -0.05) is 38.5 Å². The number of hydrogen-bond donors (Lipinski definition) is 0. The highest BCUT2D eigenvalue weighted by Gasteiger charge is 2.46. The molecule has 0 N–H and O–H groups in total. The van der Waals surface area contributed by atoms with Crippen molar-refractivity contribution in [2.24, 2.45) is 17.3 Å². The second-order valence-electron chi connectivity index (χ2n) is 7.63. The third-order valence-electron chi connectivity index (χ3n) is 6.19. The SMILES string of the molecule is CC/C=C\C1=C(/C)CCCC2CCC(F)C2(C)CCC1C. The second-order valence-corrected chi connectivity index (χ2v) is 7.63. The van der Waals surface area contributed by atoms with E-state index < -0.39 is 6.17 Å². The summed E-state index contributed by atoms with van der Waals surface area (Å²) < 4.78 is 14.5. The third-order valence-corrected chi connectivity index (χ3v) is 6.19. The van der Waals surface area contributed by atoms with Gasteiger partial charge in [0.05, 0.1) is 0 Å². The molecule has 0 heterocycles. The van der Waals surface area contributed by atoms with Crippen LogP contribution in [0.1, 0.15) is 79.1 Å². The molecule has 0 nitrogen and oxygen atoms in total. The normalized spacial score (nSPS) is 42.2. The van der Waals surface area contributed by atoms with E-state index in [-0.39, 0.29) is 5.41 Å². The molecule has 0 aromatic heterocycles. The Kier molecular flexibility index (Phi) is 5.68. The molecule has 120 valence electrons. The molecule has 0 aromatic rings. The average Bonchev–Trinajstić information content (AvgIpc) is 2.73. The molecular weight excluding hydrogens is 259 g/mol. The summed E-state index contributed by atoms with van der Waals surface area (Å²) in [6.45, 7) is 9.05. The molecule has 2 aliphatic carbocycles. The van der Waals surface area contributed by atoms with Crippen LogP contribution in [0.25, 0.3) is 0 Å². The Labute approximate surface area is 130 Å². The Hall–Kier alpha value is -0.590. The molecule has 1 heteroatoms. The van der Waals surface area contributed by atoms with Gasteiger partial charge in [0.25, 0.3) is 0 Å². The maximum atomic E-state index is 14.5. The molecule has 21 heavy (non-hydrogen) atoms. The summed E-state index contributed by atoms with van der Waals surface area (Å²) in [5.74, 6) is 1.18. The molecular formula is C20H33F. The van der Waals surface area contributed by atoms with Gasteiger partial charge in [-0.15, -0.1) is 0 Å². The van der Waals surface area contributed by atoms with E-state index in [2.05, 4.69) is 39.8 Å². The highest BCUT2D eigenvalue weighted by Crippen LogP contribution is 2.51. The van der Waals surface area contributed by atoms with Gasteiger partial charge in [0.15, 0.2) is 0 Å². The highest BCUT2D eigenvalue weighted by atomic mass is 19.1. The van der Waals surface area contributed by atoms with Crippen LogP contribution in [0.3, 0.4) is 0 Å². The van der Waals surface area contributed by atoms with Crippen LogP contribution in [-0.4, -0.2) is 6.17 Å². The number of halogens is 1. The number of hydrogen-bond acceptors (Lipinski definition) is 0. The van der Waals surface area contributed by atoms with Crippen molar-refractivity contribution in [2.45, 2.75) is 85.2 Å². The van der Waals surface area contributed by atoms with Gasteiger partial charge in [-0.05, 0) is 75.7 Å². The monoisotopic (exact) mass is 292 g/mol. The van der Waals surface area contributed by atoms with Gasteiger partial charge in [0, 0.05) is 5.41 Å². The largest absolute Gasteiger partial charge is 0.247 e. The number of fused-ring (bicyclic) bond motifs is 1. The molecule has 2 rings (SSSR count). The lowest BCUT2D eigenvalue weighted by molar-refractivity contribution is 0.0898. The van der Waals surface area contributed by atoms with Crippen LogP contribution in [0.4, 0.5) is 4.39 Å². The Morgan fingerprint density at radius 2 is 2.00 bits per heavy atom. The van der Waals surface area contributed by atoms with Gasteiger partial charge in [0.2, 0.25) is 0 Å². The summed E-state index contributed by atoms with van der Waals surface area (Å²) in [4.78, 5) is 0. The zero-order chi connectivity index (χ0) is 15.5. The van der Waals surface area contributed by atoms with Crippen LogP contribution < -0.4 is 0 Å². The van der Waals surface area contributed by atoms with Crippen LogP contribution in [0.15, 0.2) is 23.3 Å². The van der Waals surface area contributed by atoms with Crippen LogP contribution in [0.5, 0.6) is 0 Å². The summed E-state index contributed by atoms with van der Waals surface area (Å²) in [6, 6.07) is 0. The topological polar surface area (TPSA) is 0 Å². The first kappa shape index (κ1) is 16.8. The maximum absolute atomic E-state index is 14.5. The zero-order valence-electron chi connectivity index (χ0n) is 14.4. The number of rotatable bonds is 2. The Morgan fingerprint density at radius 3 is 2.71 bits per heavy atom. The molecule has 0 saturated heterocycles. The van der Waals surface area contributed by atoms with Crippen molar-refractivity contribution in [1.29, 1.82) is 0 Å². The van der Waals surface area contributed by atoms with Crippen molar-refractivity contribution in [2.75, 3.05) is 0 Å². The van der Waals surface area contributed by atoms with Gasteiger partial charge in [-0.2, -0.15) is 0 Å². The standard InChI is InChI=1S/C20H33F/c1-5-6-10-18-15(2)8-7-9-17-11-12-19(21)20(17,4)14-13-16(18)3/h6,10,16-17,19H,5,7-9,11-14H2,1-4H3/b10-6-,18-15-. The van der Waals surface area contributed by atoms with Gasteiger partial charge in [0.1, 0.15) is 6.17 Å². The van der Waals surface area contributed by atoms with Crippen LogP contribution >= 0.6 is 0 Å². The van der Waals surface area contributed by atoms with E-state index >= 15 is 0 Å². The molecule has 0 amide bonds. The smallest absolute Gasteiger partial charge is 0.106 e. The fraction of sp³-hybridized carbons (Fsp3) is 0.800. The van der Waals surface area contributed by atoms with E-state index in [9.17, 15) is 4.39 Å². The minimum absolute atomic E-state index is 0.0565. The van der Waals surface area contributed by atoms with Gasteiger partial charge < -0.3 is 0 Å². The lowest BCUT2D eigenvalue weighted by Gasteiger charge is -2.36. The Morgan fingerprint density at radius 1 is 1.24 bits per heavy atom. The fourth-order valence-electron chi connectivity index (χ4n) is 4.51. The van der Waals surface area contributed by atoms with E-state index in [0.717, 1.165) is 32.1 Å². The predicted octanol–water partition coefficient (Wildman–Crippen LogP) is 6.62. The first-order valence-corrected chi connectivity index (χ1v) is 8.99. The average molecular weight is 292 g/mol. The summed E-state index contributed by atoms with van der Waals surface area (Å²) in [7, 11) is 0. The molecule has 1 fully saturated rings. The van der Waals surface area contributed by atoms with Gasteiger partial charge >= 0.3 is 0 Å². The lowest BCUT2D eigenvalue weighted by Crippen LogP contribution is -2.31. The molecule has 1 saturated carbocycles. The summed E-state index contributed by atoms with van der Waals surface area (Å²) in [5, 5.41) is 0. The lowest BCUT2D eigenvalue weighted by atomic mass is 9.70. The Balaban J connectivity index is 2.20. The molecule has 4 unspecified atom stereocenters. The van der Waals surface area contributed by atoms with Crippen molar-refractivity contribution < 1.29 is 4.39 Å². The minimum Gasteiger partial charge on any atom is -0.247 e. The summed E-state index contributed by atoms with van der Waals surface area (Å²) in [5.41, 5.74) is 3.02. The quantitative estimate of drug-likeness (QED) is 0.536. The zero-order valence-corrected chi connectivity index (χ0v) is 14.4. The van der Waals surface area contributed by atoms with Crippen LogP contribution in [-0.2, 0) is 0 Å². The van der Waals surface area contributed by atoms with Crippen molar-refractivity contribution in [3.8, 4) is 0 Å². The summed E-state index contributed by atoms with van der Waals surface area (Å²) >= 11 is 0. The second kappa shape index (κ2) is 7.11. The first-order chi connectivity index (χ1) is 9.99. The highest BCUT2D eigenvalue weighted by molar-refractivity contribution is 5.27. The van der Waals surface area contributed by atoms with Crippen molar-refractivity contribution in [3.05, 3.63) is 23.3 Å². The first-order valence-electron chi connectivity index (χ1n) is 8.99. The Bertz CT molecular complexity index is 406. The minimum atomic E-state index is -0.575. The maximum Gasteiger partial charge on any atom is 0.106 e. The van der Waals surface area contributed by atoms with E-state index in [1.165, 1.54) is 24.8 Å². The van der Waals surface area contributed by atoms with E-state index in [1.54, 1.807) is 5.57 Å². The number of allylic oxidation sites excluding steroid dienone is 4. The fourth-order valence-corrected chi connectivity index (χ4v) is 4.51. The molecule has 0 aromatic carbocycles. The van der Waals surface area contributed by atoms with Crippen LogP contribution in [0, 0.1) is 17.3 Å². The van der Waals surface area contributed by atoms with E-state index in [4.69, 9.17) is 0 Å². The van der Waals surface area contributed by atoms with Gasteiger partial charge in [-0.3, -0.25) is 0 Å². The molecule has 0 spiro atoms. The van der Waals surface area contributed by atoms with E-state index in [1.807, 2.05) is 0 Å². The summed E-state index contributed by atoms with van der Waals surface area (Å²) in [6.07, 6.45) is 12.9. The number of alkyl halides is 1. The molecule has 0 bridgehead atoms. The van der Waals surface area contributed by atoms with E-state index in [0.29, 0.717) is 11.8 Å². The van der Waals surface area contributed by atoms with Crippen molar-refractivity contribution in [3.63, 3.8) is 0 Å².